The predicted molar refractivity (Wildman–Crippen MR) is 105 cm³/mol. The van der Waals surface area contributed by atoms with E-state index in [1.165, 1.54) is 0 Å². The first-order chi connectivity index (χ1) is 12.1. The first-order valence-electron chi connectivity index (χ1n) is 9.00. The van der Waals surface area contributed by atoms with E-state index >= 15 is 0 Å². The third kappa shape index (κ3) is 5.02. The van der Waals surface area contributed by atoms with Crippen LogP contribution in [0.25, 0.3) is 0 Å². The highest BCUT2D eigenvalue weighted by Gasteiger charge is 2.36. The zero-order valence-corrected chi connectivity index (χ0v) is 16.2. The van der Waals surface area contributed by atoms with Gasteiger partial charge in [-0.2, -0.15) is 0 Å². The van der Waals surface area contributed by atoms with Crippen molar-refractivity contribution in [2.75, 3.05) is 0 Å². The largest absolute Gasteiger partial charge is 0.384 e. The number of carbonyl (C=O) groups is 1. The first-order valence-corrected chi connectivity index (χ1v) is 9.00. The molecule has 1 atom stereocenters. The smallest absolute Gasteiger partial charge is 0.165 e. The average molecular weight is 339 g/mol. The molecule has 25 heavy (non-hydrogen) atoms. The Labute approximate surface area is 151 Å². The van der Waals surface area contributed by atoms with Crippen molar-refractivity contribution < 1.29 is 9.63 Å². The summed E-state index contributed by atoms with van der Waals surface area (Å²) in [5, 5.41) is 4.24. The van der Waals surface area contributed by atoms with E-state index in [-0.39, 0.29) is 5.78 Å². The minimum atomic E-state index is -0.421. The third-order valence-electron chi connectivity index (χ3n) is 3.87. The van der Waals surface area contributed by atoms with Gasteiger partial charge in [-0.1, -0.05) is 87.4 Å². The van der Waals surface area contributed by atoms with Crippen molar-refractivity contribution in [3.8, 4) is 0 Å². The molecule has 1 aliphatic heterocycles. The van der Waals surface area contributed by atoms with Crippen molar-refractivity contribution >= 4 is 11.5 Å². The maximum Gasteiger partial charge on any atom is 0.165 e. The second-order valence-electron chi connectivity index (χ2n) is 5.54. The lowest BCUT2D eigenvalue weighted by Crippen LogP contribution is -2.21. The molecule has 3 heteroatoms. The molecule has 2 aromatic carbocycles. The molecular weight excluding hydrogens is 310 g/mol. The lowest BCUT2D eigenvalue weighted by Gasteiger charge is -2.21. The van der Waals surface area contributed by atoms with Gasteiger partial charge in [0.15, 0.2) is 11.4 Å². The zero-order valence-electron chi connectivity index (χ0n) is 16.2. The van der Waals surface area contributed by atoms with Gasteiger partial charge in [0.05, 0.1) is 5.71 Å². The molecule has 1 heterocycles. The van der Waals surface area contributed by atoms with E-state index < -0.39 is 5.60 Å². The normalized spacial score (nSPS) is 17.9. The molecule has 0 aromatic heterocycles. The molecule has 3 nitrogen and oxygen atoms in total. The van der Waals surface area contributed by atoms with Crippen LogP contribution in [-0.2, 0) is 10.4 Å². The van der Waals surface area contributed by atoms with E-state index in [4.69, 9.17) is 4.84 Å². The van der Waals surface area contributed by atoms with Crippen LogP contribution in [0.2, 0.25) is 0 Å². The summed E-state index contributed by atoms with van der Waals surface area (Å²) < 4.78 is 0. The van der Waals surface area contributed by atoms with Gasteiger partial charge in [0.2, 0.25) is 0 Å². The molecule has 0 bridgehead atoms. The number of ketones is 1. The van der Waals surface area contributed by atoms with Crippen LogP contribution < -0.4 is 0 Å². The molecule has 0 amide bonds. The summed E-state index contributed by atoms with van der Waals surface area (Å²) in [5.41, 5.74) is 3.32. The Morgan fingerprint density at radius 2 is 1.52 bits per heavy atom. The van der Waals surface area contributed by atoms with Crippen molar-refractivity contribution in [1.29, 1.82) is 0 Å². The van der Waals surface area contributed by atoms with Crippen LogP contribution in [0.5, 0.6) is 0 Å². The van der Waals surface area contributed by atoms with Crippen LogP contribution in [0, 0.1) is 0 Å². The molecule has 0 saturated carbocycles. The van der Waals surface area contributed by atoms with Gasteiger partial charge in [0.1, 0.15) is 0 Å². The standard InChI is InChI=1S/C18H17NO2.2C2H6/c1-13(20)14-8-10-15(11-9-14)17-12-18(2,21-19-17)16-6-4-3-5-7-16;2*1-2/h3-11H,12H2,1-2H3;2*1-2H3. The molecule has 0 spiro atoms. The SMILES string of the molecule is CC.CC.CC(=O)c1ccc(C2=NOC(C)(c3ccccc3)C2)cc1. The minimum Gasteiger partial charge on any atom is -0.384 e. The van der Waals surface area contributed by atoms with Gasteiger partial charge < -0.3 is 4.84 Å². The van der Waals surface area contributed by atoms with E-state index in [1.807, 2.05) is 77.1 Å². The van der Waals surface area contributed by atoms with Gasteiger partial charge in [0, 0.05) is 12.0 Å². The van der Waals surface area contributed by atoms with Gasteiger partial charge in [-0.15, -0.1) is 0 Å². The van der Waals surface area contributed by atoms with Crippen LogP contribution in [0.3, 0.4) is 0 Å². The molecule has 134 valence electrons. The Morgan fingerprint density at radius 1 is 0.960 bits per heavy atom. The summed E-state index contributed by atoms with van der Waals surface area (Å²) in [7, 11) is 0. The minimum absolute atomic E-state index is 0.0697. The van der Waals surface area contributed by atoms with Crippen LogP contribution in [-0.4, -0.2) is 11.5 Å². The van der Waals surface area contributed by atoms with E-state index in [0.717, 1.165) is 23.3 Å². The van der Waals surface area contributed by atoms with Crippen molar-refractivity contribution in [1.82, 2.24) is 0 Å². The third-order valence-corrected chi connectivity index (χ3v) is 3.87. The fourth-order valence-electron chi connectivity index (χ4n) is 2.54. The number of hydrogen-bond donors (Lipinski definition) is 0. The van der Waals surface area contributed by atoms with Crippen molar-refractivity contribution in [3.63, 3.8) is 0 Å². The number of oxime groups is 1. The summed E-state index contributed by atoms with van der Waals surface area (Å²) >= 11 is 0. The zero-order chi connectivity index (χ0) is 18.9. The van der Waals surface area contributed by atoms with Crippen molar-refractivity contribution in [2.45, 2.75) is 53.6 Å². The number of carbonyl (C=O) groups excluding carboxylic acids is 1. The van der Waals surface area contributed by atoms with E-state index in [1.54, 1.807) is 6.92 Å². The lowest BCUT2D eigenvalue weighted by atomic mass is 9.89. The number of hydrogen-bond acceptors (Lipinski definition) is 3. The van der Waals surface area contributed by atoms with Gasteiger partial charge in [0.25, 0.3) is 0 Å². The predicted octanol–water partition coefficient (Wildman–Crippen LogP) is 5.98. The molecular formula is C22H29NO2. The van der Waals surface area contributed by atoms with Gasteiger partial charge in [-0.25, -0.2) is 0 Å². The molecule has 0 aliphatic carbocycles. The number of rotatable bonds is 3. The number of Topliss-reactive ketones (excluding diaryl/α,β-unsaturated/α-hetero) is 1. The molecule has 2 aromatic rings. The van der Waals surface area contributed by atoms with Crippen LogP contribution in [0.4, 0.5) is 0 Å². The lowest BCUT2D eigenvalue weighted by molar-refractivity contribution is -0.00738. The monoisotopic (exact) mass is 339 g/mol. The molecule has 3 rings (SSSR count). The second-order valence-corrected chi connectivity index (χ2v) is 5.54. The maximum atomic E-state index is 11.3. The summed E-state index contributed by atoms with van der Waals surface area (Å²) in [6.07, 6.45) is 0.719. The average Bonchev–Trinajstić information content (AvgIpc) is 3.09. The molecule has 0 saturated heterocycles. The van der Waals surface area contributed by atoms with Gasteiger partial charge in [-0.3, -0.25) is 4.79 Å². The van der Waals surface area contributed by atoms with Gasteiger partial charge >= 0.3 is 0 Å². The maximum absolute atomic E-state index is 11.3. The Kier molecular flexibility index (Phi) is 8.06. The fraction of sp³-hybridized carbons (Fsp3) is 0.364. The summed E-state index contributed by atoms with van der Waals surface area (Å²) in [6, 6.07) is 17.6. The summed E-state index contributed by atoms with van der Waals surface area (Å²) in [5.74, 6) is 0.0697. The second kappa shape index (κ2) is 9.77. The van der Waals surface area contributed by atoms with Crippen LogP contribution in [0.15, 0.2) is 59.8 Å². The fourth-order valence-corrected chi connectivity index (χ4v) is 2.54. The number of nitrogens with zero attached hydrogens (tertiary/aromatic N) is 1. The molecule has 0 radical (unpaired) electrons. The van der Waals surface area contributed by atoms with Crippen molar-refractivity contribution in [2.24, 2.45) is 5.16 Å². The summed E-state index contributed by atoms with van der Waals surface area (Å²) in [6.45, 7) is 11.6. The quantitative estimate of drug-likeness (QED) is 0.645. The Hall–Kier alpha value is -2.42. The molecule has 1 unspecified atom stereocenters. The highest BCUT2D eigenvalue weighted by Crippen LogP contribution is 2.35. The highest BCUT2D eigenvalue weighted by molar-refractivity contribution is 6.02. The van der Waals surface area contributed by atoms with E-state index in [9.17, 15) is 4.79 Å². The Balaban J connectivity index is 0.000000730. The molecule has 0 fully saturated rings. The van der Waals surface area contributed by atoms with Crippen LogP contribution in [0.1, 0.15) is 69.4 Å². The summed E-state index contributed by atoms with van der Waals surface area (Å²) in [4.78, 5) is 17.0. The van der Waals surface area contributed by atoms with Crippen molar-refractivity contribution in [3.05, 3.63) is 71.3 Å². The van der Waals surface area contributed by atoms with E-state index in [0.29, 0.717) is 5.56 Å². The number of benzene rings is 2. The van der Waals surface area contributed by atoms with Crippen LogP contribution >= 0.6 is 0 Å². The van der Waals surface area contributed by atoms with Gasteiger partial charge in [-0.05, 0) is 25.0 Å². The highest BCUT2D eigenvalue weighted by atomic mass is 16.7. The topological polar surface area (TPSA) is 38.7 Å². The Bertz CT molecular complexity index is 690. The van der Waals surface area contributed by atoms with E-state index in [2.05, 4.69) is 17.3 Å². The first kappa shape index (κ1) is 20.6. The Morgan fingerprint density at radius 3 is 2.04 bits per heavy atom. The molecule has 0 N–H and O–H groups in total. The molecule has 1 aliphatic rings.